The lowest BCUT2D eigenvalue weighted by Crippen LogP contribution is -2.30. The number of carbonyl (C=O) groups excluding carboxylic acids is 3. The van der Waals surface area contributed by atoms with E-state index in [2.05, 4.69) is 35.8 Å². The Morgan fingerprint density at radius 3 is 2.68 bits per heavy atom. The fraction of sp³-hybridized carbons (Fsp3) is 0.250. The van der Waals surface area contributed by atoms with Crippen molar-refractivity contribution in [2.24, 2.45) is 0 Å². The van der Waals surface area contributed by atoms with Crippen LogP contribution in [-0.2, 0) is 14.3 Å². The van der Waals surface area contributed by atoms with Gasteiger partial charge in [0.15, 0.2) is 23.4 Å². The Labute approximate surface area is 239 Å². The highest BCUT2D eigenvalue weighted by Gasteiger charge is 2.37. The number of anilines is 1. The largest absolute Gasteiger partial charge is 0.456 e. The van der Waals surface area contributed by atoms with E-state index in [9.17, 15) is 19.2 Å². The predicted octanol–water partition coefficient (Wildman–Crippen LogP) is 2.55. The van der Waals surface area contributed by atoms with E-state index in [0.29, 0.717) is 0 Å². The Balaban J connectivity index is 1.40. The van der Waals surface area contributed by atoms with E-state index in [1.54, 1.807) is 6.92 Å². The Morgan fingerprint density at radius 2 is 2.00 bits per heavy atom. The van der Waals surface area contributed by atoms with Gasteiger partial charge in [0.1, 0.15) is 23.9 Å². The second-order valence-corrected chi connectivity index (χ2v) is 9.74. The summed E-state index contributed by atoms with van der Waals surface area (Å²) in [6.07, 6.45) is 2.52. The number of rotatable bonds is 7. The van der Waals surface area contributed by atoms with Crippen LogP contribution in [0.1, 0.15) is 48.5 Å². The number of tetrazole rings is 1. The molecule has 1 aromatic carbocycles. The predicted molar refractivity (Wildman–Crippen MR) is 140 cm³/mol. The fourth-order valence-electron chi connectivity index (χ4n) is 4.39. The third-order valence-corrected chi connectivity index (χ3v) is 6.70. The number of esters is 1. The SMILES string of the molecule is CC(=O)Nc1cnc(C(=O)COC(=O)[C@H]2C[C@@H](C)c3nc(-c4c(-n5cnnn5)ccc(Cl)c4F)cc(=O)n32)c(Cl)n1. The molecule has 0 spiro atoms. The molecule has 0 bridgehead atoms. The van der Waals surface area contributed by atoms with Crippen molar-refractivity contribution >= 4 is 46.7 Å². The number of aromatic nitrogens is 8. The summed E-state index contributed by atoms with van der Waals surface area (Å²) in [5.41, 5.74) is -0.845. The van der Waals surface area contributed by atoms with Crippen LogP contribution in [0.4, 0.5) is 10.2 Å². The number of Topliss-reactive ketones (excluding diaryl/α,β-unsaturated/α-hetero) is 1. The summed E-state index contributed by atoms with van der Waals surface area (Å²) in [5, 5.41) is 12.8. The average molecular weight is 602 g/mol. The molecule has 210 valence electrons. The number of ketones is 1. The maximum absolute atomic E-state index is 15.2. The van der Waals surface area contributed by atoms with Gasteiger partial charge in [0.25, 0.3) is 5.56 Å². The van der Waals surface area contributed by atoms with Crippen LogP contribution in [-0.4, -0.2) is 64.0 Å². The number of amides is 1. The lowest BCUT2D eigenvalue weighted by Gasteiger charge is -2.15. The van der Waals surface area contributed by atoms with Gasteiger partial charge in [0.05, 0.1) is 28.2 Å². The maximum atomic E-state index is 15.2. The second-order valence-electron chi connectivity index (χ2n) is 8.98. The van der Waals surface area contributed by atoms with Crippen molar-refractivity contribution in [3.8, 4) is 16.9 Å². The number of nitrogens with zero attached hydrogens (tertiary/aromatic N) is 8. The molecule has 4 aromatic rings. The van der Waals surface area contributed by atoms with Crippen LogP contribution in [0.3, 0.4) is 0 Å². The summed E-state index contributed by atoms with van der Waals surface area (Å²) < 4.78 is 22.8. The first-order valence-electron chi connectivity index (χ1n) is 11.9. The molecule has 17 heteroatoms. The summed E-state index contributed by atoms with van der Waals surface area (Å²) in [4.78, 5) is 62.2. The van der Waals surface area contributed by atoms with E-state index in [-0.39, 0.29) is 50.9 Å². The third-order valence-electron chi connectivity index (χ3n) is 6.15. The Bertz CT molecular complexity index is 1760. The van der Waals surface area contributed by atoms with Crippen LogP contribution in [0, 0.1) is 5.82 Å². The molecule has 14 nitrogen and oxygen atoms in total. The number of nitrogens with one attached hydrogen (secondary N) is 1. The maximum Gasteiger partial charge on any atom is 0.329 e. The molecule has 0 saturated heterocycles. The van der Waals surface area contributed by atoms with E-state index in [4.69, 9.17) is 27.9 Å². The first kappa shape index (κ1) is 27.9. The number of halogens is 3. The number of hydrogen-bond donors (Lipinski definition) is 1. The zero-order valence-electron chi connectivity index (χ0n) is 21.2. The van der Waals surface area contributed by atoms with Gasteiger partial charge in [-0.15, -0.1) is 5.10 Å². The quantitative estimate of drug-likeness (QED) is 0.243. The molecule has 1 aliphatic heterocycles. The van der Waals surface area contributed by atoms with Gasteiger partial charge in [0.2, 0.25) is 11.7 Å². The normalized spacial score (nSPS) is 15.8. The van der Waals surface area contributed by atoms with Gasteiger partial charge >= 0.3 is 5.97 Å². The minimum Gasteiger partial charge on any atom is -0.456 e. The van der Waals surface area contributed by atoms with Crippen LogP contribution in [0.5, 0.6) is 0 Å². The molecule has 3 aromatic heterocycles. The molecular formula is C24H18Cl2FN9O5. The molecule has 0 aliphatic carbocycles. The highest BCUT2D eigenvalue weighted by atomic mass is 35.5. The van der Waals surface area contributed by atoms with Crippen molar-refractivity contribution in [1.82, 2.24) is 39.7 Å². The summed E-state index contributed by atoms with van der Waals surface area (Å²) >= 11 is 12.0. The highest BCUT2D eigenvalue weighted by Crippen LogP contribution is 2.37. The zero-order chi connectivity index (χ0) is 29.4. The standard InChI is InChI=1S/C24H18Cl2FN9O5/c1-10-5-15(24(40)41-8-16(38)21-22(26)32-17(7-28-21)30-11(2)37)36-18(39)6-13(31-23(10)36)19-14(35-9-29-33-34-35)4-3-12(25)20(19)27/h3-4,6-7,9-10,15H,5,8H2,1-2H3,(H,30,32,37)/t10-,15-/m1/s1. The molecule has 1 amide bonds. The van der Waals surface area contributed by atoms with Crippen molar-refractivity contribution < 1.29 is 23.5 Å². The smallest absolute Gasteiger partial charge is 0.329 e. The number of ether oxygens (including phenoxy) is 1. The topological polar surface area (TPSA) is 177 Å². The molecule has 4 heterocycles. The van der Waals surface area contributed by atoms with Crippen molar-refractivity contribution in [1.29, 1.82) is 0 Å². The Morgan fingerprint density at radius 1 is 1.22 bits per heavy atom. The average Bonchev–Trinajstić information content (AvgIpc) is 3.57. The van der Waals surface area contributed by atoms with Crippen LogP contribution < -0.4 is 10.9 Å². The minimum absolute atomic E-state index is 0.0290. The van der Waals surface area contributed by atoms with Gasteiger partial charge in [0, 0.05) is 18.9 Å². The Kier molecular flexibility index (Phi) is 7.55. The molecular weight excluding hydrogens is 584 g/mol. The lowest BCUT2D eigenvalue weighted by atomic mass is 10.1. The molecule has 0 fully saturated rings. The lowest BCUT2D eigenvalue weighted by molar-refractivity contribution is -0.146. The molecule has 5 rings (SSSR count). The third kappa shape index (κ3) is 5.40. The summed E-state index contributed by atoms with van der Waals surface area (Å²) in [7, 11) is 0. The monoisotopic (exact) mass is 601 g/mol. The minimum atomic E-state index is -1.09. The molecule has 41 heavy (non-hydrogen) atoms. The molecule has 0 saturated carbocycles. The van der Waals surface area contributed by atoms with Crippen LogP contribution in [0.15, 0.2) is 35.5 Å². The van der Waals surface area contributed by atoms with Gasteiger partial charge in [-0.2, -0.15) is 4.68 Å². The second kappa shape index (κ2) is 11.1. The first-order valence-corrected chi connectivity index (χ1v) is 12.7. The number of hydrogen-bond acceptors (Lipinski definition) is 11. The molecule has 1 N–H and O–H groups in total. The van der Waals surface area contributed by atoms with Crippen LogP contribution in [0.2, 0.25) is 10.2 Å². The van der Waals surface area contributed by atoms with Gasteiger partial charge in [-0.3, -0.25) is 19.0 Å². The van der Waals surface area contributed by atoms with Crippen molar-refractivity contribution in [3.63, 3.8) is 0 Å². The molecule has 2 atom stereocenters. The van der Waals surface area contributed by atoms with Gasteiger partial charge in [-0.05, 0) is 29.0 Å². The van der Waals surface area contributed by atoms with E-state index < -0.39 is 47.6 Å². The molecule has 0 radical (unpaired) electrons. The summed E-state index contributed by atoms with van der Waals surface area (Å²) in [5.74, 6) is -2.99. The van der Waals surface area contributed by atoms with E-state index in [1.165, 1.54) is 30.1 Å². The van der Waals surface area contributed by atoms with Crippen LogP contribution in [0.25, 0.3) is 16.9 Å². The van der Waals surface area contributed by atoms with Crippen LogP contribution >= 0.6 is 23.2 Å². The van der Waals surface area contributed by atoms with E-state index >= 15 is 4.39 Å². The molecule has 0 unspecified atom stereocenters. The van der Waals surface area contributed by atoms with Crippen molar-refractivity contribution in [2.45, 2.75) is 32.2 Å². The van der Waals surface area contributed by atoms with Gasteiger partial charge in [-0.1, -0.05) is 30.1 Å². The fourth-order valence-corrected chi connectivity index (χ4v) is 4.79. The highest BCUT2D eigenvalue weighted by molar-refractivity contribution is 6.32. The first-order chi connectivity index (χ1) is 19.5. The Hall–Kier alpha value is -4.63. The van der Waals surface area contributed by atoms with Gasteiger partial charge < -0.3 is 10.1 Å². The zero-order valence-corrected chi connectivity index (χ0v) is 22.7. The number of benzene rings is 1. The van der Waals surface area contributed by atoms with Crippen molar-refractivity contribution in [3.05, 3.63) is 68.6 Å². The van der Waals surface area contributed by atoms with Crippen molar-refractivity contribution in [2.75, 3.05) is 11.9 Å². The number of carbonyl (C=O) groups is 3. The van der Waals surface area contributed by atoms with Gasteiger partial charge in [-0.25, -0.2) is 24.1 Å². The van der Waals surface area contributed by atoms with E-state index in [1.807, 2.05) is 0 Å². The summed E-state index contributed by atoms with van der Waals surface area (Å²) in [6, 6.07) is 2.79. The van der Waals surface area contributed by atoms with E-state index in [0.717, 1.165) is 16.8 Å². The molecule has 1 aliphatic rings. The summed E-state index contributed by atoms with van der Waals surface area (Å²) in [6.45, 7) is 2.28. The number of fused-ring (bicyclic) bond motifs is 1.